The van der Waals surface area contributed by atoms with Crippen LogP contribution in [0.1, 0.15) is 30.6 Å². The van der Waals surface area contributed by atoms with Crippen LogP contribution in [-0.4, -0.2) is 34.4 Å². The summed E-state index contributed by atoms with van der Waals surface area (Å²) in [6.45, 7) is 4.18. The van der Waals surface area contributed by atoms with Crippen molar-refractivity contribution in [3.8, 4) is 0 Å². The van der Waals surface area contributed by atoms with E-state index >= 15 is 0 Å². The van der Waals surface area contributed by atoms with Crippen molar-refractivity contribution >= 4 is 27.7 Å². The Labute approximate surface area is 114 Å². The molecular formula is C11H16BrN3O3. The van der Waals surface area contributed by atoms with Crippen LogP contribution in [0.4, 0.5) is 0 Å². The molecule has 0 fully saturated rings. The number of furan rings is 1. The second-order valence-electron chi connectivity index (χ2n) is 4.04. The molecule has 7 heteroatoms. The molecule has 3 N–H and O–H groups in total. The van der Waals surface area contributed by atoms with Gasteiger partial charge in [0.1, 0.15) is 5.84 Å². The number of amides is 1. The van der Waals surface area contributed by atoms with Crippen LogP contribution in [0.5, 0.6) is 0 Å². The molecule has 0 aromatic carbocycles. The monoisotopic (exact) mass is 317 g/mol. The Bertz CT molecular complexity index is 442. The third kappa shape index (κ3) is 3.49. The number of oxime groups is 1. The van der Waals surface area contributed by atoms with E-state index in [1.54, 1.807) is 11.0 Å². The van der Waals surface area contributed by atoms with E-state index in [0.717, 1.165) is 0 Å². The molecule has 18 heavy (non-hydrogen) atoms. The van der Waals surface area contributed by atoms with Crippen molar-refractivity contribution in [2.24, 2.45) is 10.9 Å². The number of hydrogen-bond donors (Lipinski definition) is 2. The Morgan fingerprint density at radius 2 is 2.33 bits per heavy atom. The summed E-state index contributed by atoms with van der Waals surface area (Å²) in [6, 6.07) is 1.61. The molecule has 0 aliphatic rings. The van der Waals surface area contributed by atoms with Crippen LogP contribution in [0.2, 0.25) is 0 Å². The molecule has 1 heterocycles. The Hall–Kier alpha value is -1.50. The van der Waals surface area contributed by atoms with Gasteiger partial charge in [-0.3, -0.25) is 4.79 Å². The van der Waals surface area contributed by atoms with Crippen molar-refractivity contribution in [1.82, 2.24) is 4.90 Å². The predicted octanol–water partition coefficient (Wildman–Crippen LogP) is 2.03. The number of nitrogens with two attached hydrogens (primary N) is 1. The van der Waals surface area contributed by atoms with Crippen molar-refractivity contribution in [2.75, 3.05) is 6.54 Å². The second kappa shape index (κ2) is 6.44. The fraction of sp³-hybridized carbons (Fsp3) is 0.455. The van der Waals surface area contributed by atoms with E-state index in [4.69, 9.17) is 15.4 Å². The molecule has 0 radical (unpaired) electrons. The number of halogens is 1. The number of rotatable bonds is 5. The lowest BCUT2D eigenvalue weighted by Gasteiger charge is -2.26. The average Bonchev–Trinajstić information content (AvgIpc) is 2.74. The van der Waals surface area contributed by atoms with Crippen molar-refractivity contribution < 1.29 is 14.4 Å². The van der Waals surface area contributed by atoms with E-state index in [1.165, 1.54) is 6.26 Å². The highest BCUT2D eigenvalue weighted by molar-refractivity contribution is 9.10. The van der Waals surface area contributed by atoms with Crippen LogP contribution in [0.25, 0.3) is 0 Å². The SMILES string of the molecule is CC(C)N(CC/C(N)=N/O)C(=O)c1ccoc1Br. The van der Waals surface area contributed by atoms with Crippen LogP contribution in [0, 0.1) is 0 Å². The van der Waals surface area contributed by atoms with Crippen LogP contribution in [0.3, 0.4) is 0 Å². The Morgan fingerprint density at radius 3 is 2.78 bits per heavy atom. The van der Waals surface area contributed by atoms with Crippen molar-refractivity contribution in [3.05, 3.63) is 22.6 Å². The minimum absolute atomic E-state index is 0.00536. The number of hydrogen-bond acceptors (Lipinski definition) is 4. The van der Waals surface area contributed by atoms with Gasteiger partial charge in [0.05, 0.1) is 11.8 Å². The maximum absolute atomic E-state index is 12.3. The van der Waals surface area contributed by atoms with E-state index in [-0.39, 0.29) is 17.8 Å². The van der Waals surface area contributed by atoms with Crippen molar-refractivity contribution in [2.45, 2.75) is 26.3 Å². The summed E-state index contributed by atoms with van der Waals surface area (Å²) in [7, 11) is 0. The summed E-state index contributed by atoms with van der Waals surface area (Å²) in [4.78, 5) is 13.9. The normalized spacial score (nSPS) is 11.9. The molecule has 0 unspecified atom stereocenters. The number of carbonyl (C=O) groups excluding carboxylic acids is 1. The summed E-state index contributed by atoms with van der Waals surface area (Å²) in [5.41, 5.74) is 5.87. The molecule has 1 rings (SSSR count). The Balaban J connectivity index is 2.80. The van der Waals surface area contributed by atoms with Gasteiger partial charge in [0.2, 0.25) is 0 Å². The first-order valence-corrected chi connectivity index (χ1v) is 6.27. The molecule has 0 spiro atoms. The standard InChI is InChI=1S/C11H16BrN3O3/c1-7(2)15(5-3-9(13)14-17)11(16)8-4-6-18-10(8)12/h4,6-7,17H,3,5H2,1-2H3,(H2,13,14). The summed E-state index contributed by atoms with van der Waals surface area (Å²) in [5, 5.41) is 11.4. The summed E-state index contributed by atoms with van der Waals surface area (Å²) >= 11 is 3.18. The zero-order valence-corrected chi connectivity index (χ0v) is 11.8. The van der Waals surface area contributed by atoms with Gasteiger partial charge >= 0.3 is 0 Å². The summed E-state index contributed by atoms with van der Waals surface area (Å²) in [6.07, 6.45) is 1.76. The van der Waals surface area contributed by atoms with Gasteiger partial charge < -0.3 is 20.3 Å². The lowest BCUT2D eigenvalue weighted by Crippen LogP contribution is -2.39. The average molecular weight is 318 g/mol. The number of nitrogens with zero attached hydrogens (tertiary/aromatic N) is 2. The molecule has 1 aromatic heterocycles. The van der Waals surface area contributed by atoms with E-state index in [1.807, 2.05) is 13.8 Å². The lowest BCUT2D eigenvalue weighted by atomic mass is 10.2. The van der Waals surface area contributed by atoms with Gasteiger partial charge in [-0.2, -0.15) is 0 Å². The Kier molecular flexibility index (Phi) is 5.21. The molecule has 0 saturated heterocycles. The van der Waals surface area contributed by atoms with Crippen molar-refractivity contribution in [3.63, 3.8) is 0 Å². The van der Waals surface area contributed by atoms with Crippen LogP contribution in [-0.2, 0) is 0 Å². The molecule has 100 valence electrons. The highest BCUT2D eigenvalue weighted by Crippen LogP contribution is 2.20. The third-order valence-electron chi connectivity index (χ3n) is 2.47. The summed E-state index contributed by atoms with van der Waals surface area (Å²) < 4.78 is 5.45. The molecule has 1 amide bonds. The van der Waals surface area contributed by atoms with Gasteiger partial charge in [0.15, 0.2) is 4.67 Å². The molecule has 0 aliphatic heterocycles. The smallest absolute Gasteiger partial charge is 0.258 e. The lowest BCUT2D eigenvalue weighted by molar-refractivity contribution is 0.0709. The molecule has 1 aromatic rings. The van der Waals surface area contributed by atoms with E-state index < -0.39 is 0 Å². The van der Waals surface area contributed by atoms with Gasteiger partial charge in [-0.15, -0.1) is 0 Å². The van der Waals surface area contributed by atoms with Gasteiger partial charge in [-0.1, -0.05) is 5.16 Å². The van der Waals surface area contributed by atoms with Gasteiger partial charge in [0.25, 0.3) is 5.91 Å². The topological polar surface area (TPSA) is 92.1 Å². The highest BCUT2D eigenvalue weighted by Gasteiger charge is 2.22. The largest absolute Gasteiger partial charge is 0.457 e. The van der Waals surface area contributed by atoms with E-state index in [0.29, 0.717) is 23.2 Å². The van der Waals surface area contributed by atoms with Crippen molar-refractivity contribution in [1.29, 1.82) is 0 Å². The zero-order valence-electron chi connectivity index (χ0n) is 10.3. The zero-order chi connectivity index (χ0) is 13.7. The number of amidine groups is 1. The first-order chi connectivity index (χ1) is 8.47. The maximum Gasteiger partial charge on any atom is 0.258 e. The molecule has 0 atom stereocenters. The molecule has 0 bridgehead atoms. The molecule has 0 aliphatic carbocycles. The van der Waals surface area contributed by atoms with Gasteiger partial charge in [-0.05, 0) is 35.8 Å². The predicted molar refractivity (Wildman–Crippen MR) is 70.6 cm³/mol. The number of carbonyl (C=O) groups is 1. The molecule has 6 nitrogen and oxygen atoms in total. The van der Waals surface area contributed by atoms with E-state index in [2.05, 4.69) is 21.1 Å². The van der Waals surface area contributed by atoms with E-state index in [9.17, 15) is 4.79 Å². The quantitative estimate of drug-likeness (QED) is 0.376. The molecule has 0 saturated carbocycles. The van der Waals surface area contributed by atoms with Crippen LogP contribution in [0.15, 0.2) is 26.6 Å². The maximum atomic E-state index is 12.3. The minimum Gasteiger partial charge on any atom is -0.457 e. The minimum atomic E-state index is -0.156. The molecular weight excluding hydrogens is 302 g/mol. The second-order valence-corrected chi connectivity index (χ2v) is 4.76. The van der Waals surface area contributed by atoms with Gasteiger partial charge in [0, 0.05) is 19.0 Å². The highest BCUT2D eigenvalue weighted by atomic mass is 79.9. The Morgan fingerprint density at radius 1 is 1.67 bits per heavy atom. The fourth-order valence-electron chi connectivity index (χ4n) is 1.48. The van der Waals surface area contributed by atoms with Crippen LogP contribution < -0.4 is 5.73 Å². The fourth-order valence-corrected chi connectivity index (χ4v) is 1.89. The third-order valence-corrected chi connectivity index (χ3v) is 3.08. The first kappa shape index (κ1) is 14.6. The first-order valence-electron chi connectivity index (χ1n) is 5.47. The summed E-state index contributed by atoms with van der Waals surface area (Å²) in [5.74, 6) is -0.0592. The van der Waals surface area contributed by atoms with Crippen LogP contribution >= 0.6 is 15.9 Å². The van der Waals surface area contributed by atoms with Gasteiger partial charge in [-0.25, -0.2) is 0 Å².